The van der Waals surface area contributed by atoms with Gasteiger partial charge in [-0.2, -0.15) is 0 Å². The monoisotopic (exact) mass is 1330 g/mol. The molecule has 10 atom stereocenters. The van der Waals surface area contributed by atoms with Crippen molar-refractivity contribution in [1.82, 2.24) is 67.0 Å². The lowest BCUT2D eigenvalue weighted by molar-refractivity contribution is -0.144. The van der Waals surface area contributed by atoms with Gasteiger partial charge in [-0.25, -0.2) is 4.98 Å². The average Bonchev–Trinajstić information content (AvgIpc) is 1.49. The van der Waals surface area contributed by atoms with Crippen molar-refractivity contribution in [1.29, 1.82) is 0 Å². The number of nitrogens with one attached hydrogen (secondary N) is 10. The van der Waals surface area contributed by atoms with E-state index in [1.807, 2.05) is 38.1 Å². The highest BCUT2D eigenvalue weighted by atomic mass is 16.3. The van der Waals surface area contributed by atoms with E-state index in [4.69, 9.17) is 17.2 Å². The van der Waals surface area contributed by atoms with Gasteiger partial charge in [0.1, 0.15) is 54.1 Å². The van der Waals surface area contributed by atoms with Crippen molar-refractivity contribution in [3.63, 3.8) is 0 Å². The first-order valence-electron chi connectivity index (χ1n) is 32.1. The Morgan fingerprint density at radius 3 is 1.84 bits per heavy atom. The molecule has 3 aromatic heterocycles. The summed E-state index contributed by atoms with van der Waals surface area (Å²) in [6, 6.07) is 8.43. The number of nitrogens with two attached hydrogens (primary N) is 3. The van der Waals surface area contributed by atoms with Crippen LogP contribution in [0.1, 0.15) is 94.0 Å². The number of likely N-dealkylation sites (tertiary alicyclic amines) is 1. The molecule has 0 saturated carbocycles. The number of likely N-dealkylation sites (N-methyl/N-ethyl adjacent to an activating group) is 1. The Morgan fingerprint density at radius 1 is 0.698 bits per heavy atom. The third kappa shape index (κ3) is 19.4. The number of guanidine groups is 1. The number of aromatic amines is 3. The molecule has 0 bridgehead atoms. The zero-order chi connectivity index (χ0) is 69.2. The second-order valence-electron chi connectivity index (χ2n) is 24.8. The summed E-state index contributed by atoms with van der Waals surface area (Å²) in [6.07, 6.45) is 5.82. The Hall–Kier alpha value is -10.4. The van der Waals surface area contributed by atoms with E-state index < -0.39 is 120 Å². The van der Waals surface area contributed by atoms with E-state index in [1.165, 1.54) is 53.6 Å². The number of aromatic nitrogens is 4. The van der Waals surface area contributed by atoms with Gasteiger partial charge in [-0.1, -0.05) is 62.4 Å². The van der Waals surface area contributed by atoms with Crippen LogP contribution in [0.4, 0.5) is 0 Å². The Bertz CT molecular complexity index is 3740. The van der Waals surface area contributed by atoms with Crippen LogP contribution in [0.3, 0.4) is 0 Å². The Kier molecular flexibility index (Phi) is 25.1. The van der Waals surface area contributed by atoms with E-state index >= 15 is 9.59 Å². The molecule has 0 aliphatic carbocycles. The zero-order valence-corrected chi connectivity index (χ0v) is 53.8. The lowest BCUT2D eigenvalue weighted by Gasteiger charge is -2.35. The number of benzene rings is 3. The van der Waals surface area contributed by atoms with Crippen LogP contribution >= 0.6 is 0 Å². The van der Waals surface area contributed by atoms with E-state index in [0.29, 0.717) is 57.0 Å². The number of fused-ring (bicyclic) bond motifs is 2. The molecule has 96 heavy (non-hydrogen) atoms. The van der Waals surface area contributed by atoms with Gasteiger partial charge in [-0.05, 0) is 91.8 Å². The Labute approximate surface area is 553 Å². The number of aliphatic imine (C=N–C) groups is 1. The van der Waals surface area contributed by atoms with Gasteiger partial charge < -0.3 is 94.5 Å². The number of rotatable bonds is 34. The minimum absolute atomic E-state index is 0.0127. The number of hydrogen-bond donors (Lipinski definition) is 16. The molecule has 2 fully saturated rings. The SMILES string of the molecule is CC(C)CC(C(=O)NC(CCCN=C(N)N)C(=O)N1CCCC1C(O)CCC(N)=O)N(C)C(=O)C(Cc1c[nH]c2ccccc12)NC(=O)C(Cc1ccc(O)cc1)NC(=O)C(CO)NC(=O)C(Cc1c[nH]c2ccccc12)NC(=O)C(Cc1cnc[nH]1)NC(=O)C1CCC(=O)N1. The summed E-state index contributed by atoms with van der Waals surface area (Å²) >= 11 is 0. The zero-order valence-electron chi connectivity index (χ0n) is 53.8. The fraction of sp³-hybridized carbons (Fsp3) is 0.455. The molecule has 2 saturated heterocycles. The Balaban J connectivity index is 1.06. The largest absolute Gasteiger partial charge is 0.508 e. The molecule has 30 nitrogen and oxygen atoms in total. The second-order valence-corrected chi connectivity index (χ2v) is 24.8. The van der Waals surface area contributed by atoms with Gasteiger partial charge in [0.05, 0.1) is 25.1 Å². The van der Waals surface area contributed by atoms with E-state index in [9.17, 15) is 53.7 Å². The predicted molar refractivity (Wildman–Crippen MR) is 353 cm³/mol. The molecule has 0 spiro atoms. The number of nitrogens with zero attached hydrogens (tertiary/aromatic N) is 4. The Morgan fingerprint density at radius 2 is 1.27 bits per heavy atom. The summed E-state index contributed by atoms with van der Waals surface area (Å²) in [5.74, 6) is -7.86. The highest BCUT2D eigenvalue weighted by Crippen LogP contribution is 2.27. The van der Waals surface area contributed by atoms with Gasteiger partial charge in [-0.3, -0.25) is 52.9 Å². The number of primary amides is 1. The lowest BCUT2D eigenvalue weighted by Crippen LogP contribution is -2.61. The van der Waals surface area contributed by atoms with E-state index in [2.05, 4.69) is 62.1 Å². The van der Waals surface area contributed by atoms with Gasteiger partial charge in [0.2, 0.25) is 59.1 Å². The van der Waals surface area contributed by atoms with Gasteiger partial charge in [0.15, 0.2) is 5.96 Å². The molecule has 2 aliphatic heterocycles. The van der Waals surface area contributed by atoms with Gasteiger partial charge in [-0.15, -0.1) is 0 Å². The molecular weight excluding hydrogens is 1240 g/mol. The maximum absolute atomic E-state index is 15.5. The van der Waals surface area contributed by atoms with Crippen LogP contribution in [0.15, 0.2) is 103 Å². The molecule has 6 aromatic rings. The normalized spacial score (nSPS) is 17.0. The summed E-state index contributed by atoms with van der Waals surface area (Å²) in [5.41, 5.74) is 20.0. The fourth-order valence-electron chi connectivity index (χ4n) is 12.2. The molecule has 2 aliphatic rings. The van der Waals surface area contributed by atoms with Crippen molar-refractivity contribution in [3.8, 4) is 5.75 Å². The molecular formula is C66H87N17O13. The number of aliphatic hydroxyl groups is 2. The van der Waals surface area contributed by atoms with E-state index in [1.54, 1.807) is 36.7 Å². The van der Waals surface area contributed by atoms with Crippen LogP contribution in [-0.4, -0.2) is 197 Å². The first-order valence-corrected chi connectivity index (χ1v) is 32.1. The summed E-state index contributed by atoms with van der Waals surface area (Å²) < 4.78 is 0. The van der Waals surface area contributed by atoms with Gasteiger partial charge in [0, 0.05) is 105 Å². The topological polar surface area (TPSA) is 473 Å². The highest BCUT2D eigenvalue weighted by molar-refractivity contribution is 5.99. The van der Waals surface area contributed by atoms with Crippen LogP contribution in [0.2, 0.25) is 0 Å². The first kappa shape index (κ1) is 71.5. The number of para-hydroxylation sites is 2. The summed E-state index contributed by atoms with van der Waals surface area (Å²) in [5, 5.41) is 52.7. The fourth-order valence-corrected chi connectivity index (χ4v) is 12.2. The molecule has 3 aromatic carbocycles. The number of carbonyl (C=O) groups is 10. The molecule has 19 N–H and O–H groups in total. The maximum atomic E-state index is 15.5. The average molecular weight is 1330 g/mol. The van der Waals surface area contributed by atoms with Crippen LogP contribution in [0.5, 0.6) is 5.75 Å². The second kappa shape index (κ2) is 33.7. The number of aliphatic hydroxyl groups excluding tert-OH is 2. The number of H-pyrrole nitrogens is 3. The number of aromatic hydroxyl groups is 1. The first-order chi connectivity index (χ1) is 46.0. The summed E-state index contributed by atoms with van der Waals surface area (Å²) in [6.45, 7) is 3.00. The standard InChI is InChI=1S/C66H87N17O13/c1-36(2)26-54(63(94)76-47(14-8-24-71-66(68)69)65(96)83-25-9-15-53(83)55(86)21-22-56(67)87)82(3)64(95)51(29-39-32-73-45-13-7-5-11-43(39)45)80-59(90)48(27-37-16-18-41(85)19-17-37)77-62(93)52(34-84)81-60(91)49(28-38-31-72-44-12-6-4-10-42(38)44)78-61(92)50(30-40-33-70-35-74-40)79-58(89)46-20-23-57(88)75-46/h4-7,10-13,16-19,31-33,35-36,46-55,72-73,84-86H,8-9,14-15,20-30,34H2,1-3H3,(H2,67,87)(H,70,74)(H,75,88)(H,76,94)(H,77,93)(H,78,92)(H,79,89)(H,80,90)(H,81,91)(H4,68,69,71). The third-order valence-electron chi connectivity index (χ3n) is 17.3. The van der Waals surface area contributed by atoms with Gasteiger partial charge in [0.25, 0.3) is 0 Å². The summed E-state index contributed by atoms with van der Waals surface area (Å²) in [7, 11) is 1.40. The molecule has 514 valence electrons. The van der Waals surface area contributed by atoms with Crippen LogP contribution in [0.25, 0.3) is 21.8 Å². The van der Waals surface area contributed by atoms with Crippen molar-refractivity contribution in [2.75, 3.05) is 26.7 Å². The van der Waals surface area contributed by atoms with Crippen molar-refractivity contribution < 1.29 is 63.3 Å². The van der Waals surface area contributed by atoms with Crippen LogP contribution < -0.4 is 54.4 Å². The smallest absolute Gasteiger partial charge is 0.245 e. The number of carbonyl (C=O) groups excluding carboxylic acids is 10. The predicted octanol–water partition coefficient (Wildman–Crippen LogP) is -0.928. The molecule has 10 amide bonds. The number of phenolic OH excluding ortho intramolecular Hbond substituents is 1. The van der Waals surface area contributed by atoms with Crippen molar-refractivity contribution in [2.24, 2.45) is 28.1 Å². The molecule has 8 rings (SSSR count). The minimum atomic E-state index is -1.79. The third-order valence-corrected chi connectivity index (χ3v) is 17.3. The number of imidazole rings is 1. The lowest BCUT2D eigenvalue weighted by atomic mass is 9.98. The molecule has 30 heteroatoms. The summed E-state index contributed by atoms with van der Waals surface area (Å²) in [4.78, 5) is 161. The van der Waals surface area contributed by atoms with Crippen molar-refractivity contribution >= 4 is 86.8 Å². The molecule has 5 heterocycles. The van der Waals surface area contributed by atoms with Crippen molar-refractivity contribution in [2.45, 2.75) is 158 Å². The minimum Gasteiger partial charge on any atom is -0.508 e. The van der Waals surface area contributed by atoms with Gasteiger partial charge >= 0.3 is 0 Å². The van der Waals surface area contributed by atoms with Crippen molar-refractivity contribution in [3.05, 3.63) is 120 Å². The molecule has 0 radical (unpaired) electrons. The molecule has 10 unspecified atom stereocenters. The van der Waals surface area contributed by atoms with E-state index in [-0.39, 0.29) is 107 Å². The number of amides is 10. The quantitative estimate of drug-likeness (QED) is 0.0132. The maximum Gasteiger partial charge on any atom is 0.245 e. The van der Waals surface area contributed by atoms with Crippen LogP contribution in [-0.2, 0) is 73.6 Å². The number of hydrogen-bond acceptors (Lipinski definition) is 15. The number of phenols is 1. The highest BCUT2D eigenvalue weighted by Gasteiger charge is 2.41. The van der Waals surface area contributed by atoms with E-state index in [0.717, 1.165) is 0 Å². The van der Waals surface area contributed by atoms with Crippen LogP contribution in [0, 0.1) is 5.92 Å².